The smallest absolute Gasteiger partial charge is 0.274 e. The molecular formula is C18H20ClN3O3. The Morgan fingerprint density at radius 2 is 1.80 bits per heavy atom. The zero-order chi connectivity index (χ0) is 17.4. The molecule has 0 aliphatic carbocycles. The maximum absolute atomic E-state index is 12.8. The molecule has 1 aromatic carbocycles. The number of aryl methyl sites for hydroxylation is 1. The summed E-state index contributed by atoms with van der Waals surface area (Å²) in [5, 5.41) is 5.16. The van der Waals surface area contributed by atoms with E-state index >= 15 is 0 Å². The molecule has 0 N–H and O–H groups in total. The first-order chi connectivity index (χ1) is 12.1. The number of rotatable bonds is 2. The van der Waals surface area contributed by atoms with Crippen molar-refractivity contribution in [2.24, 2.45) is 0 Å². The Labute approximate surface area is 151 Å². The highest BCUT2D eigenvalue weighted by molar-refractivity contribution is 6.30. The molecule has 2 aromatic rings. The fraction of sp³-hybridized carbons (Fsp3) is 0.444. The van der Waals surface area contributed by atoms with Crippen LogP contribution >= 0.6 is 11.6 Å². The molecule has 2 fully saturated rings. The van der Waals surface area contributed by atoms with Gasteiger partial charge in [-0.2, -0.15) is 5.10 Å². The van der Waals surface area contributed by atoms with Crippen molar-refractivity contribution in [3.63, 3.8) is 0 Å². The molecule has 1 aromatic heterocycles. The predicted octanol–water partition coefficient (Wildman–Crippen LogP) is 2.81. The number of hydrogen-bond acceptors (Lipinski definition) is 4. The summed E-state index contributed by atoms with van der Waals surface area (Å²) < 4.78 is 13.2. The lowest BCUT2D eigenvalue weighted by atomic mass is 10.0. The molecule has 2 saturated heterocycles. The number of piperidine rings is 1. The molecule has 132 valence electrons. The van der Waals surface area contributed by atoms with Gasteiger partial charge in [-0.05, 0) is 37.3 Å². The predicted molar refractivity (Wildman–Crippen MR) is 93.1 cm³/mol. The topological polar surface area (TPSA) is 56.6 Å². The normalized spacial score (nSPS) is 19.5. The number of ether oxygens (including phenoxy) is 2. The Balaban J connectivity index is 1.49. The van der Waals surface area contributed by atoms with Gasteiger partial charge in [0.05, 0.1) is 18.9 Å². The number of nitrogens with zero attached hydrogens (tertiary/aromatic N) is 3. The average Bonchev–Trinajstić information content (AvgIpc) is 3.23. The zero-order valence-corrected chi connectivity index (χ0v) is 14.8. The number of carbonyl (C=O) groups is 1. The number of halogens is 1. The molecule has 6 nitrogen and oxygen atoms in total. The summed E-state index contributed by atoms with van der Waals surface area (Å²) >= 11 is 5.94. The van der Waals surface area contributed by atoms with Crippen LogP contribution in [0.15, 0.2) is 30.3 Å². The van der Waals surface area contributed by atoms with Crippen LogP contribution in [-0.2, 0) is 9.47 Å². The van der Waals surface area contributed by atoms with Gasteiger partial charge >= 0.3 is 0 Å². The summed E-state index contributed by atoms with van der Waals surface area (Å²) in [5.74, 6) is -0.529. The van der Waals surface area contributed by atoms with E-state index in [0.717, 1.165) is 11.4 Å². The molecule has 7 heteroatoms. The molecule has 1 amide bonds. The van der Waals surface area contributed by atoms with Gasteiger partial charge < -0.3 is 14.4 Å². The first-order valence-corrected chi connectivity index (χ1v) is 8.84. The van der Waals surface area contributed by atoms with Crippen LogP contribution in [0.1, 0.15) is 29.0 Å². The molecule has 25 heavy (non-hydrogen) atoms. The molecule has 0 atom stereocenters. The number of hydrogen-bond donors (Lipinski definition) is 0. The second kappa shape index (κ2) is 6.44. The van der Waals surface area contributed by atoms with E-state index in [-0.39, 0.29) is 5.91 Å². The third kappa shape index (κ3) is 3.17. The molecule has 0 bridgehead atoms. The molecule has 3 heterocycles. The minimum absolute atomic E-state index is 0.0522. The summed E-state index contributed by atoms with van der Waals surface area (Å²) in [7, 11) is 0. The molecule has 4 rings (SSSR count). The molecule has 0 radical (unpaired) electrons. The minimum atomic E-state index is -0.477. The first kappa shape index (κ1) is 16.6. The summed E-state index contributed by atoms with van der Waals surface area (Å²) in [4.78, 5) is 14.6. The Kier molecular flexibility index (Phi) is 4.27. The van der Waals surface area contributed by atoms with Crippen LogP contribution in [0.3, 0.4) is 0 Å². The van der Waals surface area contributed by atoms with E-state index in [1.54, 1.807) is 4.68 Å². The van der Waals surface area contributed by atoms with Gasteiger partial charge in [0.2, 0.25) is 0 Å². The largest absolute Gasteiger partial charge is 0.347 e. The summed E-state index contributed by atoms with van der Waals surface area (Å²) in [6.07, 6.45) is 1.41. The number of aromatic nitrogens is 2. The third-order valence-corrected chi connectivity index (χ3v) is 5.06. The molecular weight excluding hydrogens is 342 g/mol. The van der Waals surface area contributed by atoms with E-state index in [1.807, 2.05) is 42.2 Å². The lowest BCUT2D eigenvalue weighted by Crippen LogP contribution is -2.47. The van der Waals surface area contributed by atoms with Gasteiger partial charge in [0.25, 0.3) is 5.91 Å². The molecule has 2 aliphatic heterocycles. The lowest BCUT2D eigenvalue weighted by Gasteiger charge is -2.37. The van der Waals surface area contributed by atoms with Crippen molar-refractivity contribution in [3.8, 4) is 5.69 Å². The number of benzene rings is 1. The van der Waals surface area contributed by atoms with E-state index in [9.17, 15) is 4.79 Å². The van der Waals surface area contributed by atoms with Crippen LogP contribution in [0.5, 0.6) is 0 Å². The van der Waals surface area contributed by atoms with Crippen molar-refractivity contribution in [2.75, 3.05) is 26.3 Å². The molecule has 2 aliphatic rings. The highest BCUT2D eigenvalue weighted by Gasteiger charge is 2.41. The van der Waals surface area contributed by atoms with Crippen molar-refractivity contribution < 1.29 is 14.3 Å². The summed E-state index contributed by atoms with van der Waals surface area (Å²) in [6, 6.07) is 9.21. The summed E-state index contributed by atoms with van der Waals surface area (Å²) in [5.41, 5.74) is 2.24. The first-order valence-electron chi connectivity index (χ1n) is 8.46. The number of amides is 1. The zero-order valence-electron chi connectivity index (χ0n) is 14.1. The second-order valence-corrected chi connectivity index (χ2v) is 6.90. The van der Waals surface area contributed by atoms with E-state index < -0.39 is 5.79 Å². The second-order valence-electron chi connectivity index (χ2n) is 6.46. The molecule has 1 spiro atoms. The fourth-order valence-corrected chi connectivity index (χ4v) is 3.55. The quantitative estimate of drug-likeness (QED) is 0.825. The highest BCUT2D eigenvalue weighted by atomic mass is 35.5. The van der Waals surface area contributed by atoms with Gasteiger partial charge in [-0.25, -0.2) is 4.68 Å². The van der Waals surface area contributed by atoms with Crippen molar-refractivity contribution in [1.29, 1.82) is 0 Å². The van der Waals surface area contributed by atoms with Gasteiger partial charge in [-0.15, -0.1) is 0 Å². The number of carbonyl (C=O) groups excluding carboxylic acids is 1. The Bertz CT molecular complexity index is 771. The van der Waals surface area contributed by atoms with Crippen LogP contribution in [0.25, 0.3) is 5.69 Å². The van der Waals surface area contributed by atoms with Crippen LogP contribution in [-0.4, -0.2) is 52.7 Å². The van der Waals surface area contributed by atoms with E-state index in [1.165, 1.54) is 0 Å². The maximum atomic E-state index is 12.8. The van der Waals surface area contributed by atoms with Crippen molar-refractivity contribution in [3.05, 3.63) is 46.7 Å². The molecule has 0 saturated carbocycles. The van der Waals surface area contributed by atoms with E-state index in [4.69, 9.17) is 21.1 Å². The summed E-state index contributed by atoms with van der Waals surface area (Å²) in [6.45, 7) is 4.44. The van der Waals surface area contributed by atoms with Crippen molar-refractivity contribution in [1.82, 2.24) is 14.7 Å². The standard InChI is InChI=1S/C18H20ClN3O3/c1-13-12-16(20-22(13)15-4-2-14(19)3-5-15)17(23)21-8-6-18(7-9-21)24-10-11-25-18/h2-5,12H,6-11H2,1H3. The molecule has 0 unspecified atom stereocenters. The SMILES string of the molecule is Cc1cc(C(=O)N2CCC3(CC2)OCCO3)nn1-c1ccc(Cl)cc1. The average molecular weight is 362 g/mol. The van der Waals surface area contributed by atoms with Gasteiger partial charge in [0, 0.05) is 36.6 Å². The van der Waals surface area contributed by atoms with E-state index in [2.05, 4.69) is 5.10 Å². The Morgan fingerprint density at radius 1 is 1.16 bits per heavy atom. The van der Waals surface area contributed by atoms with Crippen LogP contribution in [0.2, 0.25) is 5.02 Å². The monoisotopic (exact) mass is 361 g/mol. The minimum Gasteiger partial charge on any atom is -0.347 e. The van der Waals surface area contributed by atoms with Gasteiger partial charge in [-0.1, -0.05) is 11.6 Å². The van der Waals surface area contributed by atoms with Crippen LogP contribution in [0, 0.1) is 6.92 Å². The highest BCUT2D eigenvalue weighted by Crippen LogP contribution is 2.31. The Morgan fingerprint density at radius 3 is 2.44 bits per heavy atom. The van der Waals surface area contributed by atoms with Crippen LogP contribution in [0.4, 0.5) is 0 Å². The lowest BCUT2D eigenvalue weighted by molar-refractivity contribution is -0.181. The van der Waals surface area contributed by atoms with Gasteiger partial charge in [-0.3, -0.25) is 4.79 Å². The van der Waals surface area contributed by atoms with E-state index in [0.29, 0.717) is 49.9 Å². The van der Waals surface area contributed by atoms with Gasteiger partial charge in [0.15, 0.2) is 11.5 Å². The fourth-order valence-electron chi connectivity index (χ4n) is 3.42. The van der Waals surface area contributed by atoms with Crippen LogP contribution < -0.4 is 0 Å². The number of likely N-dealkylation sites (tertiary alicyclic amines) is 1. The third-order valence-electron chi connectivity index (χ3n) is 4.80. The maximum Gasteiger partial charge on any atom is 0.274 e. The van der Waals surface area contributed by atoms with Crippen molar-refractivity contribution in [2.45, 2.75) is 25.6 Å². The Hall–Kier alpha value is -1.89. The van der Waals surface area contributed by atoms with Gasteiger partial charge in [0.1, 0.15) is 0 Å². The van der Waals surface area contributed by atoms with Crippen molar-refractivity contribution >= 4 is 17.5 Å².